The molecule has 0 amide bonds. The highest BCUT2D eigenvalue weighted by Crippen LogP contribution is 2.34. The minimum atomic E-state index is -0.574. The van der Waals surface area contributed by atoms with E-state index in [1.54, 1.807) is 0 Å². The number of hydrogen-bond acceptors (Lipinski definition) is 2. The largest absolute Gasteiger partial charge is 0.373 e. The van der Waals surface area contributed by atoms with Crippen LogP contribution in [0.2, 0.25) is 0 Å². The van der Waals surface area contributed by atoms with E-state index in [0.29, 0.717) is 12.2 Å². The molecule has 1 fully saturated rings. The van der Waals surface area contributed by atoms with E-state index in [1.807, 2.05) is 0 Å². The van der Waals surface area contributed by atoms with Gasteiger partial charge >= 0.3 is 0 Å². The lowest BCUT2D eigenvalue weighted by atomic mass is 10.1. The smallest absolute Gasteiger partial charge is 0.0678 e. The molecule has 3 aromatic rings. The molecule has 3 heteroatoms. The second kappa shape index (κ2) is 9.01. The summed E-state index contributed by atoms with van der Waals surface area (Å²) < 4.78 is 5.93. The quantitative estimate of drug-likeness (QED) is 0.611. The number of rotatable bonds is 5. The van der Waals surface area contributed by atoms with E-state index < -0.39 is 7.92 Å². The first kappa shape index (κ1) is 19.3. The van der Waals surface area contributed by atoms with E-state index in [-0.39, 0.29) is 0 Å². The Bertz CT molecular complexity index is 834. The number of hydrogen-bond donors (Lipinski definition) is 0. The topological polar surface area (TPSA) is 12.5 Å². The first-order valence-electron chi connectivity index (χ1n) is 10.1. The Hall–Kier alpha value is -1.99. The predicted molar refractivity (Wildman–Crippen MR) is 120 cm³/mol. The lowest BCUT2D eigenvalue weighted by Crippen LogP contribution is -2.45. The van der Waals surface area contributed by atoms with E-state index in [0.717, 1.165) is 19.6 Å². The average Bonchev–Trinajstić information content (AvgIpc) is 2.70. The Kier molecular flexibility index (Phi) is 6.22. The van der Waals surface area contributed by atoms with Gasteiger partial charge in [0.15, 0.2) is 0 Å². The van der Waals surface area contributed by atoms with Gasteiger partial charge < -0.3 is 4.74 Å². The van der Waals surface area contributed by atoms with Gasteiger partial charge in [-0.15, -0.1) is 0 Å². The Balaban J connectivity index is 1.72. The number of ether oxygens (including phenoxy) is 1. The van der Waals surface area contributed by atoms with Crippen molar-refractivity contribution in [2.45, 2.75) is 32.6 Å². The van der Waals surface area contributed by atoms with Gasteiger partial charge in [0.1, 0.15) is 0 Å². The summed E-state index contributed by atoms with van der Waals surface area (Å²) in [6, 6.07) is 30.9. The molecule has 0 spiro atoms. The highest BCUT2D eigenvalue weighted by atomic mass is 31.1. The van der Waals surface area contributed by atoms with Crippen molar-refractivity contribution in [2.24, 2.45) is 0 Å². The molecule has 0 aromatic heterocycles. The Morgan fingerprint density at radius 1 is 0.750 bits per heavy atom. The van der Waals surface area contributed by atoms with E-state index in [1.165, 1.54) is 21.5 Å². The first-order valence-corrected chi connectivity index (χ1v) is 11.4. The SMILES string of the molecule is CC1CN(Cc2ccccc2P(c2ccccc2)c2ccccc2)C[C@H](C)O1. The van der Waals surface area contributed by atoms with Crippen molar-refractivity contribution in [3.05, 3.63) is 90.5 Å². The van der Waals surface area contributed by atoms with Crippen LogP contribution in [-0.2, 0) is 11.3 Å². The molecular formula is C25H28NOP. The fourth-order valence-corrected chi connectivity index (χ4v) is 6.56. The van der Waals surface area contributed by atoms with Crippen LogP contribution < -0.4 is 15.9 Å². The monoisotopic (exact) mass is 389 g/mol. The minimum absolute atomic E-state index is 0.292. The average molecular weight is 389 g/mol. The Morgan fingerprint density at radius 2 is 1.25 bits per heavy atom. The molecule has 3 aromatic carbocycles. The first-order chi connectivity index (χ1) is 13.7. The second-order valence-electron chi connectivity index (χ2n) is 7.59. The molecule has 1 saturated heterocycles. The molecule has 0 radical (unpaired) electrons. The normalized spacial score (nSPS) is 20.4. The van der Waals surface area contributed by atoms with Crippen LogP contribution in [0.5, 0.6) is 0 Å². The molecule has 1 unspecified atom stereocenters. The van der Waals surface area contributed by atoms with Crippen LogP contribution in [0.4, 0.5) is 0 Å². The molecule has 144 valence electrons. The van der Waals surface area contributed by atoms with Gasteiger partial charge in [-0.25, -0.2) is 0 Å². The van der Waals surface area contributed by atoms with Crippen LogP contribution >= 0.6 is 7.92 Å². The van der Waals surface area contributed by atoms with Gasteiger partial charge in [0.2, 0.25) is 0 Å². The molecule has 1 aliphatic rings. The van der Waals surface area contributed by atoms with Gasteiger partial charge in [0.05, 0.1) is 12.2 Å². The van der Waals surface area contributed by atoms with Crippen molar-refractivity contribution in [3.63, 3.8) is 0 Å². The summed E-state index contributed by atoms with van der Waals surface area (Å²) in [5, 5.41) is 4.27. The van der Waals surface area contributed by atoms with Gasteiger partial charge in [-0.05, 0) is 43.2 Å². The molecule has 0 bridgehead atoms. The fraction of sp³-hybridized carbons (Fsp3) is 0.280. The molecule has 1 heterocycles. The van der Waals surface area contributed by atoms with Crippen LogP contribution in [0, 0.1) is 0 Å². The van der Waals surface area contributed by atoms with E-state index in [4.69, 9.17) is 4.74 Å². The molecular weight excluding hydrogens is 361 g/mol. The van der Waals surface area contributed by atoms with Gasteiger partial charge in [0, 0.05) is 19.6 Å². The summed E-state index contributed by atoms with van der Waals surface area (Å²) in [7, 11) is -0.574. The van der Waals surface area contributed by atoms with Crippen LogP contribution in [0.1, 0.15) is 19.4 Å². The van der Waals surface area contributed by atoms with Gasteiger partial charge in [0.25, 0.3) is 0 Å². The summed E-state index contributed by atoms with van der Waals surface area (Å²) in [5.41, 5.74) is 1.43. The van der Waals surface area contributed by atoms with E-state index >= 15 is 0 Å². The van der Waals surface area contributed by atoms with Gasteiger partial charge in [-0.1, -0.05) is 84.9 Å². The van der Waals surface area contributed by atoms with Gasteiger partial charge in [-0.2, -0.15) is 0 Å². The van der Waals surface area contributed by atoms with Crippen molar-refractivity contribution in [1.29, 1.82) is 0 Å². The van der Waals surface area contributed by atoms with E-state index in [2.05, 4.69) is 104 Å². The summed E-state index contributed by atoms with van der Waals surface area (Å²) >= 11 is 0. The van der Waals surface area contributed by atoms with Crippen molar-refractivity contribution in [1.82, 2.24) is 4.90 Å². The molecule has 0 N–H and O–H groups in total. The third-order valence-electron chi connectivity index (χ3n) is 5.15. The Morgan fingerprint density at radius 3 is 1.82 bits per heavy atom. The van der Waals surface area contributed by atoms with Crippen molar-refractivity contribution < 1.29 is 4.74 Å². The number of benzene rings is 3. The van der Waals surface area contributed by atoms with Crippen molar-refractivity contribution in [3.8, 4) is 0 Å². The summed E-state index contributed by atoms with van der Waals surface area (Å²) in [6.07, 6.45) is 0.585. The maximum Gasteiger partial charge on any atom is 0.0678 e. The molecule has 0 aliphatic carbocycles. The lowest BCUT2D eigenvalue weighted by Gasteiger charge is -2.36. The zero-order chi connectivity index (χ0) is 19.3. The van der Waals surface area contributed by atoms with Crippen LogP contribution in [0.25, 0.3) is 0 Å². The highest BCUT2D eigenvalue weighted by Gasteiger charge is 2.24. The maximum atomic E-state index is 5.93. The minimum Gasteiger partial charge on any atom is -0.373 e. The van der Waals surface area contributed by atoms with Crippen molar-refractivity contribution in [2.75, 3.05) is 13.1 Å². The van der Waals surface area contributed by atoms with Crippen molar-refractivity contribution >= 4 is 23.8 Å². The molecule has 2 atom stereocenters. The molecule has 28 heavy (non-hydrogen) atoms. The molecule has 0 saturated carbocycles. The predicted octanol–water partition coefficient (Wildman–Crippen LogP) is 4.05. The Labute approximate surface area is 169 Å². The number of morpholine rings is 1. The standard InChI is InChI=1S/C25H28NOP/c1-20-17-26(18-21(2)27-20)19-22-11-9-10-16-25(22)28(23-12-5-3-6-13-23)24-14-7-4-8-15-24/h3-16,20-21H,17-19H2,1-2H3/t20-,21?/m0/s1. The zero-order valence-electron chi connectivity index (χ0n) is 16.7. The summed E-state index contributed by atoms with van der Waals surface area (Å²) in [5.74, 6) is 0. The van der Waals surface area contributed by atoms with E-state index in [9.17, 15) is 0 Å². The van der Waals surface area contributed by atoms with Crippen LogP contribution in [0.15, 0.2) is 84.9 Å². The van der Waals surface area contributed by atoms with Crippen LogP contribution in [-0.4, -0.2) is 30.2 Å². The lowest BCUT2D eigenvalue weighted by molar-refractivity contribution is -0.0704. The highest BCUT2D eigenvalue weighted by molar-refractivity contribution is 7.79. The fourth-order valence-electron chi connectivity index (χ4n) is 4.10. The van der Waals surface area contributed by atoms with Gasteiger partial charge in [-0.3, -0.25) is 4.90 Å². The molecule has 4 rings (SSSR count). The maximum absolute atomic E-state index is 5.93. The third-order valence-corrected chi connectivity index (χ3v) is 7.70. The summed E-state index contributed by atoms with van der Waals surface area (Å²) in [4.78, 5) is 2.54. The summed E-state index contributed by atoms with van der Waals surface area (Å²) in [6.45, 7) is 7.32. The molecule has 2 nitrogen and oxygen atoms in total. The third kappa shape index (κ3) is 4.52. The zero-order valence-corrected chi connectivity index (χ0v) is 17.6. The van der Waals surface area contributed by atoms with Crippen LogP contribution in [0.3, 0.4) is 0 Å². The molecule has 1 aliphatic heterocycles. The number of nitrogens with zero attached hydrogens (tertiary/aromatic N) is 1. The second-order valence-corrected chi connectivity index (χ2v) is 9.77.